The van der Waals surface area contributed by atoms with Gasteiger partial charge in [0.1, 0.15) is 0 Å². The van der Waals surface area contributed by atoms with Crippen LogP contribution in [0.15, 0.2) is 0 Å². The first-order valence-corrected chi connectivity index (χ1v) is 5.17. The highest BCUT2D eigenvalue weighted by Crippen LogP contribution is 2.28. The van der Waals surface area contributed by atoms with E-state index in [1.165, 1.54) is 15.6 Å². The van der Waals surface area contributed by atoms with E-state index in [-0.39, 0.29) is 0 Å². The van der Waals surface area contributed by atoms with Gasteiger partial charge in [-0.25, -0.2) is 4.98 Å². The molecule has 0 fully saturated rings. The molecule has 0 aromatic carbocycles. The van der Waals surface area contributed by atoms with Gasteiger partial charge in [-0.2, -0.15) is 0 Å². The van der Waals surface area contributed by atoms with Crippen LogP contribution >= 0.6 is 11.3 Å². The summed E-state index contributed by atoms with van der Waals surface area (Å²) in [6, 6.07) is 0.645. The lowest BCUT2D eigenvalue weighted by Gasteiger charge is -2.18. The van der Waals surface area contributed by atoms with Crippen LogP contribution < -0.4 is 0 Å². The maximum absolute atomic E-state index is 4.50. The Morgan fingerprint density at radius 1 is 1.42 bits per heavy atom. The molecule has 2 heterocycles. The Labute approximate surface area is 77.2 Å². The van der Waals surface area contributed by atoms with E-state index in [9.17, 15) is 0 Å². The Balaban J connectivity index is 2.18. The molecule has 12 heavy (non-hydrogen) atoms. The number of aromatic nitrogens is 1. The monoisotopic (exact) mass is 182 g/mol. The van der Waals surface area contributed by atoms with Crippen LogP contribution in [0.3, 0.4) is 0 Å². The molecule has 0 radical (unpaired) electrons. The van der Waals surface area contributed by atoms with Crippen molar-refractivity contribution < 1.29 is 0 Å². The van der Waals surface area contributed by atoms with Crippen LogP contribution in [0.1, 0.15) is 29.4 Å². The molecule has 0 spiro atoms. The zero-order chi connectivity index (χ0) is 8.72. The fraction of sp³-hybridized carbons (Fsp3) is 0.667. The third-order valence-corrected chi connectivity index (χ3v) is 3.31. The predicted octanol–water partition coefficient (Wildman–Crippen LogP) is 2.18. The van der Waals surface area contributed by atoms with Gasteiger partial charge in [0.2, 0.25) is 0 Å². The fourth-order valence-electron chi connectivity index (χ4n) is 1.56. The lowest BCUT2D eigenvalue weighted by atomic mass is 10.3. The smallest absolute Gasteiger partial charge is 0.0901 e. The Kier molecular flexibility index (Phi) is 1.93. The molecule has 2 rings (SSSR count). The third kappa shape index (κ3) is 1.27. The zero-order valence-electron chi connectivity index (χ0n) is 7.79. The van der Waals surface area contributed by atoms with Gasteiger partial charge >= 0.3 is 0 Å². The van der Waals surface area contributed by atoms with Crippen molar-refractivity contribution in [2.24, 2.45) is 0 Å². The Morgan fingerprint density at radius 3 is 2.75 bits per heavy atom. The van der Waals surface area contributed by atoms with Crippen LogP contribution in [0.2, 0.25) is 0 Å². The van der Waals surface area contributed by atoms with Gasteiger partial charge in [0.25, 0.3) is 0 Å². The normalized spacial score (nSPS) is 17.3. The van der Waals surface area contributed by atoms with Crippen LogP contribution in [0.4, 0.5) is 0 Å². The first kappa shape index (κ1) is 8.20. The van der Waals surface area contributed by atoms with Crippen molar-refractivity contribution in [1.82, 2.24) is 9.88 Å². The highest BCUT2D eigenvalue weighted by molar-refractivity contribution is 7.11. The summed E-state index contributed by atoms with van der Waals surface area (Å²) < 4.78 is 0. The van der Waals surface area contributed by atoms with Gasteiger partial charge in [0, 0.05) is 24.0 Å². The van der Waals surface area contributed by atoms with Gasteiger partial charge in [-0.05, 0) is 20.8 Å². The van der Waals surface area contributed by atoms with E-state index in [1.54, 1.807) is 0 Å². The van der Waals surface area contributed by atoms with Gasteiger partial charge in [-0.15, -0.1) is 11.3 Å². The van der Waals surface area contributed by atoms with Crippen molar-refractivity contribution in [3.8, 4) is 0 Å². The zero-order valence-corrected chi connectivity index (χ0v) is 8.61. The number of aryl methyl sites for hydroxylation is 1. The number of hydrogen-bond donors (Lipinski definition) is 0. The number of hydrogen-bond acceptors (Lipinski definition) is 3. The van der Waals surface area contributed by atoms with E-state index >= 15 is 0 Å². The lowest BCUT2D eigenvalue weighted by Crippen LogP contribution is -2.24. The minimum absolute atomic E-state index is 0.645. The summed E-state index contributed by atoms with van der Waals surface area (Å²) >= 11 is 1.85. The van der Waals surface area contributed by atoms with Crippen LogP contribution in [-0.2, 0) is 13.1 Å². The molecule has 1 aromatic heterocycles. The van der Waals surface area contributed by atoms with Crippen molar-refractivity contribution in [1.29, 1.82) is 0 Å². The Bertz CT molecular complexity index is 267. The molecule has 1 aromatic rings. The van der Waals surface area contributed by atoms with Crippen molar-refractivity contribution in [3.63, 3.8) is 0 Å². The van der Waals surface area contributed by atoms with E-state index in [0.717, 1.165) is 13.1 Å². The second-order valence-electron chi connectivity index (χ2n) is 3.60. The fourth-order valence-corrected chi connectivity index (χ4v) is 2.53. The van der Waals surface area contributed by atoms with Crippen LogP contribution in [0.25, 0.3) is 0 Å². The first-order valence-electron chi connectivity index (χ1n) is 4.36. The van der Waals surface area contributed by atoms with Crippen LogP contribution in [0, 0.1) is 6.92 Å². The summed E-state index contributed by atoms with van der Waals surface area (Å²) in [5.74, 6) is 0. The maximum atomic E-state index is 4.50. The first-order chi connectivity index (χ1) is 5.66. The molecule has 66 valence electrons. The lowest BCUT2D eigenvalue weighted by molar-refractivity contribution is 0.226. The molecule has 1 aliphatic heterocycles. The molecular weight excluding hydrogens is 168 g/mol. The van der Waals surface area contributed by atoms with E-state index in [0.29, 0.717) is 6.04 Å². The average Bonchev–Trinajstić information content (AvgIpc) is 2.42. The molecule has 0 bridgehead atoms. The van der Waals surface area contributed by atoms with Gasteiger partial charge in [-0.1, -0.05) is 0 Å². The molecule has 0 unspecified atom stereocenters. The van der Waals surface area contributed by atoms with Crippen molar-refractivity contribution in [2.75, 3.05) is 0 Å². The van der Waals surface area contributed by atoms with Gasteiger partial charge in [-0.3, -0.25) is 4.90 Å². The average molecular weight is 182 g/mol. The second-order valence-corrected chi connectivity index (χ2v) is 4.89. The summed E-state index contributed by atoms with van der Waals surface area (Å²) in [5.41, 5.74) is 1.31. The molecule has 0 saturated carbocycles. The van der Waals surface area contributed by atoms with E-state index in [1.807, 2.05) is 11.3 Å². The van der Waals surface area contributed by atoms with Crippen molar-refractivity contribution >= 4 is 11.3 Å². The molecular formula is C9H14N2S. The predicted molar refractivity (Wildman–Crippen MR) is 51.2 cm³/mol. The topological polar surface area (TPSA) is 16.1 Å². The standard InChI is InChI=1S/C9H14N2S/c1-6(2)11-4-8-9(5-11)12-7(3)10-8/h6H,4-5H2,1-3H3. The number of fused-ring (bicyclic) bond motifs is 1. The van der Waals surface area contributed by atoms with E-state index in [2.05, 4.69) is 30.7 Å². The van der Waals surface area contributed by atoms with Crippen molar-refractivity contribution in [3.05, 3.63) is 15.6 Å². The highest BCUT2D eigenvalue weighted by atomic mass is 32.1. The van der Waals surface area contributed by atoms with Gasteiger partial charge in [0.05, 0.1) is 10.7 Å². The molecule has 0 atom stereocenters. The number of nitrogens with zero attached hydrogens (tertiary/aromatic N) is 2. The molecule has 3 heteroatoms. The largest absolute Gasteiger partial charge is 0.290 e. The number of thiazole rings is 1. The minimum Gasteiger partial charge on any atom is -0.290 e. The third-order valence-electron chi connectivity index (χ3n) is 2.32. The Morgan fingerprint density at radius 2 is 2.17 bits per heavy atom. The van der Waals surface area contributed by atoms with E-state index in [4.69, 9.17) is 0 Å². The SMILES string of the molecule is Cc1nc2c(s1)CN(C(C)C)C2. The molecule has 0 saturated heterocycles. The minimum atomic E-state index is 0.645. The molecule has 2 nitrogen and oxygen atoms in total. The highest BCUT2D eigenvalue weighted by Gasteiger charge is 2.23. The Hall–Kier alpha value is -0.410. The van der Waals surface area contributed by atoms with Crippen LogP contribution in [-0.4, -0.2) is 15.9 Å². The maximum Gasteiger partial charge on any atom is 0.0901 e. The molecule has 0 aliphatic carbocycles. The van der Waals surface area contributed by atoms with Gasteiger partial charge in [0.15, 0.2) is 0 Å². The summed E-state index contributed by atoms with van der Waals surface area (Å²) in [5, 5.41) is 1.21. The molecule has 0 N–H and O–H groups in total. The quantitative estimate of drug-likeness (QED) is 0.661. The van der Waals surface area contributed by atoms with Gasteiger partial charge < -0.3 is 0 Å². The van der Waals surface area contributed by atoms with Crippen molar-refractivity contribution in [2.45, 2.75) is 39.9 Å². The molecule has 1 aliphatic rings. The van der Waals surface area contributed by atoms with Crippen LogP contribution in [0.5, 0.6) is 0 Å². The summed E-state index contributed by atoms with van der Waals surface area (Å²) in [6.07, 6.45) is 0. The van der Waals surface area contributed by atoms with E-state index < -0.39 is 0 Å². The summed E-state index contributed by atoms with van der Waals surface area (Å²) in [7, 11) is 0. The summed E-state index contributed by atoms with van der Waals surface area (Å²) in [6.45, 7) is 8.73. The number of rotatable bonds is 1. The molecule has 0 amide bonds. The summed E-state index contributed by atoms with van der Waals surface area (Å²) in [4.78, 5) is 8.43. The second kappa shape index (κ2) is 2.82.